The van der Waals surface area contributed by atoms with Gasteiger partial charge in [-0.1, -0.05) is 34.4 Å². The van der Waals surface area contributed by atoms with Gasteiger partial charge in [-0.3, -0.25) is 0 Å². The lowest BCUT2D eigenvalue weighted by atomic mass is 10.0. The Bertz CT molecular complexity index is 811. The normalized spacial score (nSPS) is 28.2. The van der Waals surface area contributed by atoms with Crippen LogP contribution in [0.2, 0.25) is 10.0 Å². The van der Waals surface area contributed by atoms with Crippen LogP contribution in [-0.2, 0) is 11.3 Å². The summed E-state index contributed by atoms with van der Waals surface area (Å²) >= 11 is 12.8. The maximum atomic E-state index is 6.42. The summed E-state index contributed by atoms with van der Waals surface area (Å²) in [5.74, 6) is 2.06. The molecule has 3 atom stereocenters. The molecule has 1 aliphatic heterocycles. The Labute approximate surface area is 163 Å². The molecule has 0 amide bonds. The van der Waals surface area contributed by atoms with Gasteiger partial charge < -0.3 is 14.2 Å². The fraction of sp³-hybridized carbons (Fsp3) is 0.550. The van der Waals surface area contributed by atoms with E-state index in [0.29, 0.717) is 40.6 Å². The minimum atomic E-state index is 0.327. The van der Waals surface area contributed by atoms with Crippen molar-refractivity contribution in [3.63, 3.8) is 0 Å². The van der Waals surface area contributed by atoms with Crippen molar-refractivity contribution in [2.75, 3.05) is 13.6 Å². The first-order valence-corrected chi connectivity index (χ1v) is 10.1. The number of hydrogen-bond donors (Lipinski definition) is 0. The van der Waals surface area contributed by atoms with Crippen LogP contribution in [0.1, 0.15) is 42.9 Å². The van der Waals surface area contributed by atoms with Gasteiger partial charge in [0.25, 0.3) is 0 Å². The molecule has 2 aromatic rings. The van der Waals surface area contributed by atoms with Gasteiger partial charge in [0.1, 0.15) is 11.5 Å². The van der Waals surface area contributed by atoms with Crippen molar-refractivity contribution in [2.24, 2.45) is 5.92 Å². The van der Waals surface area contributed by atoms with E-state index in [2.05, 4.69) is 17.1 Å². The molecule has 2 bridgehead atoms. The molecule has 1 saturated heterocycles. The fourth-order valence-electron chi connectivity index (χ4n) is 4.57. The number of hydrogen-bond acceptors (Lipinski definition) is 4. The molecular formula is C20H22Cl2N2O2. The molecule has 3 aliphatic rings. The number of piperidine rings is 1. The number of ether oxygens (including phenoxy) is 1. The van der Waals surface area contributed by atoms with E-state index in [1.165, 1.54) is 6.42 Å². The third kappa shape index (κ3) is 2.88. The highest BCUT2D eigenvalue weighted by molar-refractivity contribution is 6.39. The predicted molar refractivity (Wildman–Crippen MR) is 102 cm³/mol. The fourth-order valence-corrected chi connectivity index (χ4v) is 5.15. The molecule has 1 aromatic heterocycles. The van der Waals surface area contributed by atoms with Crippen LogP contribution >= 0.6 is 23.2 Å². The molecule has 2 heterocycles. The topological polar surface area (TPSA) is 38.5 Å². The van der Waals surface area contributed by atoms with Crippen molar-refractivity contribution >= 4 is 23.2 Å². The largest absolute Gasteiger partial charge is 0.373 e. The first kappa shape index (κ1) is 17.1. The van der Waals surface area contributed by atoms with Crippen LogP contribution in [0.5, 0.6) is 0 Å². The Hall–Kier alpha value is -1.07. The number of likely N-dealkylation sites (tertiary alicyclic amines) is 1. The van der Waals surface area contributed by atoms with Gasteiger partial charge in [0.15, 0.2) is 0 Å². The van der Waals surface area contributed by atoms with Gasteiger partial charge in [-0.05, 0) is 50.8 Å². The van der Waals surface area contributed by atoms with Gasteiger partial charge in [0.05, 0.1) is 22.8 Å². The Morgan fingerprint density at radius 3 is 2.62 bits per heavy atom. The lowest BCUT2D eigenvalue weighted by molar-refractivity contribution is -0.00668. The van der Waals surface area contributed by atoms with E-state index in [4.69, 9.17) is 32.5 Å². The van der Waals surface area contributed by atoms with E-state index in [-0.39, 0.29) is 0 Å². The van der Waals surface area contributed by atoms with E-state index in [1.54, 1.807) is 0 Å². The molecule has 5 rings (SSSR count). The summed E-state index contributed by atoms with van der Waals surface area (Å²) in [6.45, 7) is 1.65. The lowest BCUT2D eigenvalue weighted by Crippen LogP contribution is -2.35. The van der Waals surface area contributed by atoms with Crippen LogP contribution in [0.25, 0.3) is 11.3 Å². The van der Waals surface area contributed by atoms with Crippen LogP contribution < -0.4 is 0 Å². The summed E-state index contributed by atoms with van der Waals surface area (Å²) < 4.78 is 12.1. The van der Waals surface area contributed by atoms with Crippen molar-refractivity contribution in [3.05, 3.63) is 39.6 Å². The third-order valence-electron chi connectivity index (χ3n) is 6.16. The Morgan fingerprint density at radius 1 is 1.23 bits per heavy atom. The molecular weight excluding hydrogens is 371 g/mol. The molecule has 4 nitrogen and oxygen atoms in total. The van der Waals surface area contributed by atoms with Crippen molar-refractivity contribution in [1.29, 1.82) is 0 Å². The van der Waals surface area contributed by atoms with Crippen molar-refractivity contribution < 1.29 is 9.26 Å². The number of benzene rings is 1. The van der Waals surface area contributed by atoms with Gasteiger partial charge in [0, 0.05) is 29.6 Å². The van der Waals surface area contributed by atoms with Crippen LogP contribution in [0.4, 0.5) is 0 Å². The maximum absolute atomic E-state index is 6.42. The highest BCUT2D eigenvalue weighted by Gasteiger charge is 2.44. The second-order valence-electron chi connectivity index (χ2n) is 7.92. The van der Waals surface area contributed by atoms with Crippen molar-refractivity contribution in [1.82, 2.24) is 10.1 Å². The number of halogens is 2. The molecule has 1 aromatic carbocycles. The first-order valence-electron chi connectivity index (χ1n) is 9.36. The van der Waals surface area contributed by atoms with E-state index in [1.807, 2.05) is 18.2 Å². The van der Waals surface area contributed by atoms with E-state index >= 15 is 0 Å². The average Bonchev–Trinajstić information content (AvgIpc) is 3.10. The van der Waals surface area contributed by atoms with Crippen LogP contribution in [0, 0.1) is 5.92 Å². The van der Waals surface area contributed by atoms with E-state index in [9.17, 15) is 0 Å². The highest BCUT2D eigenvalue weighted by atomic mass is 35.5. The molecule has 0 N–H and O–H groups in total. The van der Waals surface area contributed by atoms with Crippen molar-refractivity contribution in [2.45, 2.75) is 50.4 Å². The standard InChI is InChI=1S/C20H22Cl2N2O2/c1-24-9-12-7-13(24)8-17(12)25-10-14-19(23-26-20(14)11-5-6-11)18-15(21)3-2-4-16(18)22/h2-4,11-13,17H,5-10H2,1H3/t12-,13-,17+/m0/s1. The van der Waals surface area contributed by atoms with Gasteiger partial charge in [-0.25, -0.2) is 0 Å². The smallest absolute Gasteiger partial charge is 0.145 e. The molecule has 0 unspecified atom stereocenters. The highest BCUT2D eigenvalue weighted by Crippen LogP contribution is 2.46. The molecule has 0 radical (unpaired) electrons. The van der Waals surface area contributed by atoms with Gasteiger partial charge in [0.2, 0.25) is 0 Å². The minimum absolute atomic E-state index is 0.327. The zero-order chi connectivity index (χ0) is 17.8. The second-order valence-corrected chi connectivity index (χ2v) is 8.73. The summed E-state index contributed by atoms with van der Waals surface area (Å²) in [7, 11) is 2.21. The lowest BCUT2D eigenvalue weighted by Gasteiger charge is -2.28. The molecule has 6 heteroatoms. The Morgan fingerprint density at radius 2 is 2.00 bits per heavy atom. The molecule has 138 valence electrons. The Balaban J connectivity index is 1.43. The second kappa shape index (κ2) is 6.52. The quantitative estimate of drug-likeness (QED) is 0.706. The monoisotopic (exact) mass is 392 g/mol. The molecule has 0 spiro atoms. The number of fused-ring (bicyclic) bond motifs is 2. The van der Waals surface area contributed by atoms with Crippen molar-refractivity contribution in [3.8, 4) is 11.3 Å². The van der Waals surface area contributed by atoms with E-state index in [0.717, 1.165) is 48.4 Å². The number of nitrogens with zero attached hydrogens (tertiary/aromatic N) is 2. The SMILES string of the molecule is CN1C[C@@H]2C[C@H]1C[C@H]2OCc1c(-c2c(Cl)cccc2Cl)noc1C1CC1. The molecule has 2 aliphatic carbocycles. The molecule has 26 heavy (non-hydrogen) atoms. The number of rotatable bonds is 5. The first-order chi connectivity index (χ1) is 12.6. The van der Waals surface area contributed by atoms with Crippen LogP contribution in [-0.4, -0.2) is 35.8 Å². The van der Waals surface area contributed by atoms with Gasteiger partial charge >= 0.3 is 0 Å². The van der Waals surface area contributed by atoms with E-state index < -0.39 is 0 Å². The summed E-state index contributed by atoms with van der Waals surface area (Å²) in [5, 5.41) is 5.53. The third-order valence-corrected chi connectivity index (χ3v) is 6.79. The minimum Gasteiger partial charge on any atom is -0.373 e. The summed E-state index contributed by atoms with van der Waals surface area (Å²) in [4.78, 5) is 2.45. The van der Waals surface area contributed by atoms with Crippen LogP contribution in [0.15, 0.2) is 22.7 Å². The predicted octanol–water partition coefficient (Wildman–Crippen LogP) is 5.14. The number of aromatic nitrogens is 1. The average molecular weight is 393 g/mol. The summed E-state index contributed by atoms with van der Waals surface area (Å²) in [6, 6.07) is 6.20. The Kier molecular flexibility index (Phi) is 4.28. The maximum Gasteiger partial charge on any atom is 0.145 e. The molecule has 3 fully saturated rings. The zero-order valence-electron chi connectivity index (χ0n) is 14.8. The summed E-state index contributed by atoms with van der Waals surface area (Å²) in [5.41, 5.74) is 2.51. The zero-order valence-corrected chi connectivity index (χ0v) is 16.3. The van der Waals surface area contributed by atoms with Crippen LogP contribution in [0.3, 0.4) is 0 Å². The molecule has 2 saturated carbocycles. The van der Waals surface area contributed by atoms with Gasteiger partial charge in [-0.15, -0.1) is 0 Å². The van der Waals surface area contributed by atoms with Gasteiger partial charge in [-0.2, -0.15) is 0 Å². The summed E-state index contributed by atoms with van der Waals surface area (Å²) in [6.07, 6.45) is 5.00.